The lowest BCUT2D eigenvalue weighted by Crippen LogP contribution is -2.15. The highest BCUT2D eigenvalue weighted by Crippen LogP contribution is 2.34. The van der Waals surface area contributed by atoms with Gasteiger partial charge >= 0.3 is 0 Å². The molecule has 0 aliphatic heterocycles. The molecule has 0 amide bonds. The third-order valence-electron chi connectivity index (χ3n) is 5.06. The van der Waals surface area contributed by atoms with Crippen molar-refractivity contribution in [3.8, 4) is 0 Å². The molecule has 1 saturated carbocycles. The molecule has 0 radical (unpaired) electrons. The normalized spacial score (nSPS) is 16.6. The second-order valence-electron chi connectivity index (χ2n) is 7.05. The van der Waals surface area contributed by atoms with Gasteiger partial charge in [-0.25, -0.2) is 0 Å². The molecule has 0 saturated heterocycles. The van der Waals surface area contributed by atoms with Crippen molar-refractivity contribution < 1.29 is 14.0 Å². The first kappa shape index (κ1) is 18.9. The maximum Gasteiger partial charge on any atom is 0.277 e. The summed E-state index contributed by atoms with van der Waals surface area (Å²) >= 11 is 1.27. The summed E-state index contributed by atoms with van der Waals surface area (Å²) in [5.74, 6) is 0.936. The molecule has 0 unspecified atom stereocenters. The van der Waals surface area contributed by atoms with E-state index in [0.717, 1.165) is 18.5 Å². The molecule has 0 aromatic carbocycles. The molecule has 2 aromatic rings. The number of nitrogens with one attached hydrogen (secondary N) is 1. The van der Waals surface area contributed by atoms with Crippen LogP contribution in [0.3, 0.4) is 0 Å². The number of nitrogens with zero attached hydrogens (tertiary/aromatic N) is 2. The number of aromatic nitrogens is 3. The molecule has 1 aliphatic rings. The number of Topliss-reactive ketones (excluding diaryl/α,β-unsaturated/α-hetero) is 2. The Morgan fingerprint density at radius 3 is 2.50 bits per heavy atom. The lowest BCUT2D eigenvalue weighted by Gasteiger charge is -2.17. The smallest absolute Gasteiger partial charge is 0.277 e. The van der Waals surface area contributed by atoms with Crippen molar-refractivity contribution in [2.75, 3.05) is 0 Å². The van der Waals surface area contributed by atoms with Crippen LogP contribution in [-0.4, -0.2) is 32.0 Å². The van der Waals surface area contributed by atoms with Crippen LogP contribution in [0.1, 0.15) is 89.9 Å². The summed E-state index contributed by atoms with van der Waals surface area (Å²) in [6.07, 6.45) is 5.86. The minimum absolute atomic E-state index is 0.0374. The van der Waals surface area contributed by atoms with Crippen LogP contribution in [0.15, 0.2) is 9.64 Å². The van der Waals surface area contributed by atoms with Gasteiger partial charge < -0.3 is 9.40 Å². The molecule has 1 N–H and O–H groups in total. The minimum atomic E-state index is -0.383. The number of aromatic amines is 1. The zero-order valence-electron chi connectivity index (χ0n) is 15.7. The molecule has 0 spiro atoms. The van der Waals surface area contributed by atoms with Crippen molar-refractivity contribution in [2.24, 2.45) is 0 Å². The largest absolute Gasteiger partial charge is 0.416 e. The van der Waals surface area contributed by atoms with Crippen molar-refractivity contribution in [3.05, 3.63) is 28.4 Å². The van der Waals surface area contributed by atoms with Crippen molar-refractivity contribution in [1.82, 2.24) is 15.2 Å². The number of ketones is 2. The van der Waals surface area contributed by atoms with Crippen LogP contribution < -0.4 is 0 Å². The zero-order valence-corrected chi connectivity index (χ0v) is 16.5. The van der Waals surface area contributed by atoms with Gasteiger partial charge in [0.25, 0.3) is 5.22 Å². The minimum Gasteiger partial charge on any atom is -0.416 e. The van der Waals surface area contributed by atoms with Gasteiger partial charge in [-0.2, -0.15) is 0 Å². The monoisotopic (exact) mass is 375 g/mol. The fraction of sp³-hybridized carbons (Fsp3) is 0.579. The maximum absolute atomic E-state index is 12.8. The average molecular weight is 375 g/mol. The molecule has 2 aromatic heterocycles. The molecule has 6 nitrogen and oxygen atoms in total. The SMILES string of the molecule is CC(=O)c1c(C)[nH]c(C(=O)[C@@H](C)Sc2nnc(C3CCCCC3)o2)c1C. The molecule has 2 heterocycles. The average Bonchev–Trinajstić information content (AvgIpc) is 3.19. The quantitative estimate of drug-likeness (QED) is 0.585. The van der Waals surface area contributed by atoms with Gasteiger partial charge in [-0.15, -0.1) is 10.2 Å². The fourth-order valence-corrected chi connectivity index (χ4v) is 4.46. The van der Waals surface area contributed by atoms with Crippen LogP contribution in [0.2, 0.25) is 0 Å². The molecular formula is C19H25N3O3S. The van der Waals surface area contributed by atoms with Crippen LogP contribution in [-0.2, 0) is 0 Å². The Morgan fingerprint density at radius 2 is 1.88 bits per heavy atom. The van der Waals surface area contributed by atoms with Gasteiger partial charge in [0.05, 0.1) is 10.9 Å². The van der Waals surface area contributed by atoms with Crippen molar-refractivity contribution in [2.45, 2.75) is 76.2 Å². The van der Waals surface area contributed by atoms with Crippen LogP contribution in [0.25, 0.3) is 0 Å². The Labute approximate surface area is 157 Å². The van der Waals surface area contributed by atoms with Gasteiger partial charge in [0.15, 0.2) is 11.6 Å². The van der Waals surface area contributed by atoms with Gasteiger partial charge in [0.2, 0.25) is 5.89 Å². The van der Waals surface area contributed by atoms with Gasteiger partial charge in [-0.3, -0.25) is 9.59 Å². The van der Waals surface area contributed by atoms with Crippen LogP contribution >= 0.6 is 11.8 Å². The number of hydrogen-bond donors (Lipinski definition) is 1. The summed E-state index contributed by atoms with van der Waals surface area (Å²) in [6, 6.07) is 0. The van der Waals surface area contributed by atoms with Gasteiger partial charge in [-0.1, -0.05) is 31.0 Å². The first-order valence-corrected chi connectivity index (χ1v) is 10.0. The van der Waals surface area contributed by atoms with Crippen LogP contribution in [0, 0.1) is 13.8 Å². The Bertz CT molecular complexity index is 818. The van der Waals surface area contributed by atoms with E-state index in [0.29, 0.717) is 33.9 Å². The van der Waals surface area contributed by atoms with Gasteiger partial charge in [-0.05, 0) is 46.1 Å². The summed E-state index contributed by atoms with van der Waals surface area (Å²) in [7, 11) is 0. The van der Waals surface area contributed by atoms with E-state index in [9.17, 15) is 9.59 Å². The molecule has 140 valence electrons. The van der Waals surface area contributed by atoms with Crippen molar-refractivity contribution >= 4 is 23.3 Å². The second-order valence-corrected chi connectivity index (χ2v) is 8.34. The highest BCUT2D eigenvalue weighted by molar-refractivity contribution is 8.00. The Kier molecular flexibility index (Phi) is 5.65. The lowest BCUT2D eigenvalue weighted by atomic mass is 9.89. The molecule has 1 aliphatic carbocycles. The molecule has 1 fully saturated rings. The summed E-state index contributed by atoms with van der Waals surface area (Å²) in [4.78, 5) is 27.6. The third kappa shape index (κ3) is 3.77. The molecule has 26 heavy (non-hydrogen) atoms. The first-order chi connectivity index (χ1) is 12.4. The Balaban J connectivity index is 1.71. The maximum atomic E-state index is 12.8. The van der Waals surface area contributed by atoms with Crippen molar-refractivity contribution in [3.63, 3.8) is 0 Å². The summed E-state index contributed by atoms with van der Waals surface area (Å²) in [5, 5.41) is 8.34. The van der Waals surface area contributed by atoms with E-state index >= 15 is 0 Å². The summed E-state index contributed by atoms with van der Waals surface area (Å²) in [5.41, 5.74) is 2.52. The lowest BCUT2D eigenvalue weighted by molar-refractivity contribution is 0.0988. The number of carbonyl (C=O) groups is 2. The fourth-order valence-electron chi connectivity index (χ4n) is 3.72. The summed E-state index contributed by atoms with van der Waals surface area (Å²) in [6.45, 7) is 6.95. The summed E-state index contributed by atoms with van der Waals surface area (Å²) < 4.78 is 5.80. The highest BCUT2D eigenvalue weighted by atomic mass is 32.2. The molecule has 3 rings (SSSR count). The molecule has 0 bridgehead atoms. The Hall–Kier alpha value is -1.89. The van der Waals surface area contributed by atoms with Gasteiger partial charge in [0, 0.05) is 17.2 Å². The number of carbonyl (C=O) groups excluding carboxylic acids is 2. The Morgan fingerprint density at radius 1 is 1.19 bits per heavy atom. The number of H-pyrrole nitrogens is 1. The van der Waals surface area contributed by atoms with Crippen LogP contribution in [0.4, 0.5) is 0 Å². The standard InChI is InChI=1S/C19H25N3O3S/c1-10-15(12(3)23)11(2)20-16(10)17(24)13(4)26-19-22-21-18(25-19)14-8-6-5-7-9-14/h13-14,20H,5-9H2,1-4H3/t13-/m1/s1. The predicted molar refractivity (Wildman–Crippen MR) is 100 cm³/mol. The van der Waals surface area contributed by atoms with E-state index in [-0.39, 0.29) is 16.8 Å². The molecule has 7 heteroatoms. The predicted octanol–water partition coefficient (Wildman–Crippen LogP) is 4.63. The van der Waals surface area contributed by atoms with Crippen LogP contribution in [0.5, 0.6) is 0 Å². The van der Waals surface area contributed by atoms with E-state index < -0.39 is 0 Å². The van der Waals surface area contributed by atoms with Crippen molar-refractivity contribution in [1.29, 1.82) is 0 Å². The van der Waals surface area contributed by atoms with Gasteiger partial charge in [0.1, 0.15) is 0 Å². The van der Waals surface area contributed by atoms with E-state index in [4.69, 9.17) is 4.42 Å². The number of aryl methyl sites for hydroxylation is 1. The zero-order chi connectivity index (χ0) is 18.8. The van der Waals surface area contributed by atoms with E-state index in [1.165, 1.54) is 37.9 Å². The van der Waals surface area contributed by atoms with E-state index in [1.807, 2.05) is 13.8 Å². The van der Waals surface area contributed by atoms with E-state index in [1.54, 1.807) is 6.92 Å². The number of rotatable bonds is 6. The third-order valence-corrected chi connectivity index (χ3v) is 5.99. The topological polar surface area (TPSA) is 88.9 Å². The number of thioether (sulfide) groups is 1. The molecule has 1 atom stereocenters. The first-order valence-electron chi connectivity index (χ1n) is 9.12. The van der Waals surface area contributed by atoms with E-state index in [2.05, 4.69) is 15.2 Å². The molecular weight excluding hydrogens is 350 g/mol. The highest BCUT2D eigenvalue weighted by Gasteiger charge is 2.27. The number of hydrogen-bond acceptors (Lipinski definition) is 6. The second kappa shape index (κ2) is 7.78.